The van der Waals surface area contributed by atoms with Crippen LogP contribution in [-0.4, -0.2) is 41.3 Å². The van der Waals surface area contributed by atoms with Crippen LogP contribution in [0.5, 0.6) is 5.75 Å². The zero-order valence-electron chi connectivity index (χ0n) is 14.0. The summed E-state index contributed by atoms with van der Waals surface area (Å²) in [5.74, 6) is 1.07. The van der Waals surface area contributed by atoms with E-state index in [1.165, 1.54) is 0 Å². The lowest BCUT2D eigenvalue weighted by Gasteiger charge is -2.31. The molecule has 0 spiro atoms. The van der Waals surface area contributed by atoms with E-state index < -0.39 is 0 Å². The summed E-state index contributed by atoms with van der Waals surface area (Å²) in [5, 5.41) is 13.2. The minimum Gasteiger partial charge on any atom is -0.508 e. The van der Waals surface area contributed by atoms with E-state index in [1.54, 1.807) is 12.1 Å². The maximum atomic E-state index is 9.84. The summed E-state index contributed by atoms with van der Waals surface area (Å²) in [6.45, 7) is 10.1. The highest BCUT2D eigenvalue weighted by atomic mass is 16.3. The molecule has 2 aromatic rings. The molecule has 1 fully saturated rings. The standard InChI is InChI=1S/C18H24N4O/c1-18(2,3)17-20-12-15(22-9-7-19-8-10-22)16(21-17)13-5-4-6-14(23)11-13/h4-6,11-12,19,23H,7-10H2,1-3H3. The van der Waals surface area contributed by atoms with Crippen molar-refractivity contribution < 1.29 is 5.11 Å². The van der Waals surface area contributed by atoms with Crippen LogP contribution in [-0.2, 0) is 5.41 Å². The first kappa shape index (κ1) is 15.7. The Kier molecular flexibility index (Phi) is 4.22. The Hall–Kier alpha value is -2.14. The Morgan fingerprint density at radius 3 is 2.57 bits per heavy atom. The van der Waals surface area contributed by atoms with Crippen molar-refractivity contribution in [2.75, 3.05) is 31.1 Å². The van der Waals surface area contributed by atoms with Gasteiger partial charge in [0.15, 0.2) is 0 Å². The monoisotopic (exact) mass is 312 g/mol. The van der Waals surface area contributed by atoms with Gasteiger partial charge in [0.1, 0.15) is 11.6 Å². The van der Waals surface area contributed by atoms with Gasteiger partial charge in [-0.25, -0.2) is 9.97 Å². The van der Waals surface area contributed by atoms with Crippen molar-refractivity contribution in [2.45, 2.75) is 26.2 Å². The number of nitrogens with one attached hydrogen (secondary N) is 1. The van der Waals surface area contributed by atoms with Crippen LogP contribution in [0.3, 0.4) is 0 Å². The lowest BCUT2D eigenvalue weighted by Crippen LogP contribution is -2.44. The molecule has 1 aliphatic heterocycles. The number of anilines is 1. The van der Waals surface area contributed by atoms with Gasteiger partial charge in [0, 0.05) is 37.2 Å². The molecule has 3 rings (SSSR count). The maximum Gasteiger partial charge on any atom is 0.134 e. The van der Waals surface area contributed by atoms with E-state index in [2.05, 4.69) is 36.0 Å². The largest absolute Gasteiger partial charge is 0.508 e. The molecule has 122 valence electrons. The van der Waals surface area contributed by atoms with Crippen LogP contribution in [0, 0.1) is 0 Å². The number of aromatic nitrogens is 2. The smallest absolute Gasteiger partial charge is 0.134 e. The van der Waals surface area contributed by atoms with Gasteiger partial charge in [-0.1, -0.05) is 32.9 Å². The second-order valence-corrected chi connectivity index (χ2v) is 6.96. The molecule has 23 heavy (non-hydrogen) atoms. The zero-order chi connectivity index (χ0) is 16.4. The molecule has 0 aliphatic carbocycles. The van der Waals surface area contributed by atoms with E-state index in [-0.39, 0.29) is 11.2 Å². The summed E-state index contributed by atoms with van der Waals surface area (Å²) in [4.78, 5) is 11.8. The molecule has 0 bridgehead atoms. The molecule has 1 aromatic carbocycles. The van der Waals surface area contributed by atoms with Crippen molar-refractivity contribution in [3.8, 4) is 17.0 Å². The number of nitrogens with zero attached hydrogens (tertiary/aromatic N) is 3. The molecule has 0 saturated carbocycles. The number of piperazine rings is 1. The van der Waals surface area contributed by atoms with Gasteiger partial charge >= 0.3 is 0 Å². The summed E-state index contributed by atoms with van der Waals surface area (Å²) in [6.07, 6.45) is 1.93. The van der Waals surface area contributed by atoms with Crippen molar-refractivity contribution in [3.05, 3.63) is 36.3 Å². The average Bonchev–Trinajstić information content (AvgIpc) is 2.54. The summed E-state index contributed by atoms with van der Waals surface area (Å²) in [7, 11) is 0. The predicted octanol–water partition coefficient (Wildman–Crippen LogP) is 2.56. The second-order valence-electron chi connectivity index (χ2n) is 6.96. The summed E-state index contributed by atoms with van der Waals surface area (Å²) < 4.78 is 0. The van der Waals surface area contributed by atoms with Crippen LogP contribution >= 0.6 is 0 Å². The van der Waals surface area contributed by atoms with Crippen LogP contribution in [0.1, 0.15) is 26.6 Å². The van der Waals surface area contributed by atoms with Crippen LogP contribution in [0.25, 0.3) is 11.3 Å². The van der Waals surface area contributed by atoms with E-state index in [0.29, 0.717) is 0 Å². The predicted molar refractivity (Wildman–Crippen MR) is 92.9 cm³/mol. The van der Waals surface area contributed by atoms with Gasteiger partial charge in [-0.3, -0.25) is 0 Å². The van der Waals surface area contributed by atoms with Crippen LogP contribution in [0.4, 0.5) is 5.69 Å². The highest BCUT2D eigenvalue weighted by Crippen LogP contribution is 2.32. The van der Waals surface area contributed by atoms with Gasteiger partial charge in [-0.2, -0.15) is 0 Å². The molecule has 2 heterocycles. The number of phenolic OH excluding ortho intramolecular Hbond substituents is 1. The van der Waals surface area contributed by atoms with Crippen molar-refractivity contribution in [2.24, 2.45) is 0 Å². The minimum absolute atomic E-state index is 0.118. The minimum atomic E-state index is -0.118. The van der Waals surface area contributed by atoms with E-state index >= 15 is 0 Å². The van der Waals surface area contributed by atoms with Gasteiger partial charge in [0.2, 0.25) is 0 Å². The number of phenols is 1. The molecule has 0 unspecified atom stereocenters. The van der Waals surface area contributed by atoms with Crippen LogP contribution in [0.2, 0.25) is 0 Å². The molecule has 1 saturated heterocycles. The normalized spacial score (nSPS) is 15.7. The second kappa shape index (κ2) is 6.16. The molecule has 5 heteroatoms. The lowest BCUT2D eigenvalue weighted by atomic mass is 9.95. The zero-order valence-corrected chi connectivity index (χ0v) is 14.0. The third kappa shape index (κ3) is 3.45. The number of hydrogen-bond donors (Lipinski definition) is 2. The fourth-order valence-electron chi connectivity index (χ4n) is 2.74. The Balaban J connectivity index is 2.11. The van der Waals surface area contributed by atoms with Crippen molar-refractivity contribution in [1.82, 2.24) is 15.3 Å². The molecule has 1 aromatic heterocycles. The molecule has 0 atom stereocenters. The highest BCUT2D eigenvalue weighted by molar-refractivity contribution is 5.75. The summed E-state index contributed by atoms with van der Waals surface area (Å²) in [5.41, 5.74) is 2.73. The lowest BCUT2D eigenvalue weighted by molar-refractivity contribution is 0.475. The van der Waals surface area contributed by atoms with Gasteiger partial charge in [0.05, 0.1) is 17.6 Å². The Morgan fingerprint density at radius 2 is 1.91 bits per heavy atom. The van der Waals surface area contributed by atoms with E-state index in [0.717, 1.165) is 48.9 Å². The quantitative estimate of drug-likeness (QED) is 0.892. The molecule has 5 nitrogen and oxygen atoms in total. The SMILES string of the molecule is CC(C)(C)c1ncc(N2CCNCC2)c(-c2cccc(O)c2)n1. The fourth-order valence-corrected chi connectivity index (χ4v) is 2.74. The van der Waals surface area contributed by atoms with Crippen molar-refractivity contribution in [1.29, 1.82) is 0 Å². The van der Waals surface area contributed by atoms with E-state index in [9.17, 15) is 5.11 Å². The molecule has 0 radical (unpaired) electrons. The van der Waals surface area contributed by atoms with Gasteiger partial charge in [-0.05, 0) is 12.1 Å². The first-order valence-corrected chi connectivity index (χ1v) is 8.08. The van der Waals surface area contributed by atoms with Crippen molar-refractivity contribution in [3.63, 3.8) is 0 Å². The van der Waals surface area contributed by atoms with Crippen molar-refractivity contribution >= 4 is 5.69 Å². The maximum absolute atomic E-state index is 9.84. The highest BCUT2D eigenvalue weighted by Gasteiger charge is 2.22. The summed E-state index contributed by atoms with van der Waals surface area (Å²) in [6, 6.07) is 7.28. The molecule has 0 amide bonds. The number of rotatable bonds is 2. The Bertz CT molecular complexity index is 688. The number of benzene rings is 1. The Labute approximate surface area is 137 Å². The van der Waals surface area contributed by atoms with Crippen LogP contribution in [0.15, 0.2) is 30.5 Å². The first-order chi connectivity index (χ1) is 10.9. The van der Waals surface area contributed by atoms with Gasteiger partial charge < -0.3 is 15.3 Å². The summed E-state index contributed by atoms with van der Waals surface area (Å²) >= 11 is 0. The number of hydrogen-bond acceptors (Lipinski definition) is 5. The van der Waals surface area contributed by atoms with Crippen LogP contribution < -0.4 is 10.2 Å². The number of aromatic hydroxyl groups is 1. The topological polar surface area (TPSA) is 61.3 Å². The molecule has 2 N–H and O–H groups in total. The third-order valence-corrected chi connectivity index (χ3v) is 4.02. The molecular formula is C18H24N4O. The van der Waals surface area contributed by atoms with E-state index in [1.807, 2.05) is 18.3 Å². The Morgan fingerprint density at radius 1 is 1.17 bits per heavy atom. The average molecular weight is 312 g/mol. The third-order valence-electron chi connectivity index (χ3n) is 4.02. The first-order valence-electron chi connectivity index (χ1n) is 8.08. The fraction of sp³-hybridized carbons (Fsp3) is 0.444. The van der Waals surface area contributed by atoms with Gasteiger partial charge in [-0.15, -0.1) is 0 Å². The molecule has 1 aliphatic rings. The van der Waals surface area contributed by atoms with Gasteiger partial charge in [0.25, 0.3) is 0 Å². The molecular weight excluding hydrogens is 288 g/mol. The van der Waals surface area contributed by atoms with E-state index in [4.69, 9.17) is 4.98 Å².